The van der Waals surface area contributed by atoms with Crippen LogP contribution >= 0.6 is 0 Å². The fourth-order valence-corrected chi connectivity index (χ4v) is 9.06. The van der Waals surface area contributed by atoms with Gasteiger partial charge in [0.05, 0.1) is 19.6 Å². The van der Waals surface area contributed by atoms with Gasteiger partial charge in [0.15, 0.2) is 0 Å². The number of aliphatic hydroxyl groups excluding tert-OH is 1. The lowest BCUT2D eigenvalue weighted by atomic mass is 9.88. The van der Waals surface area contributed by atoms with Gasteiger partial charge in [-0.1, -0.05) is 107 Å². The van der Waals surface area contributed by atoms with E-state index < -0.39 is 14.4 Å². The molecular weight excluding hydrogens is 428 g/mol. The molecule has 33 heavy (non-hydrogen) atoms. The summed E-state index contributed by atoms with van der Waals surface area (Å²) in [7, 11) is -1.26. The minimum atomic E-state index is -2.64. The maximum atomic E-state index is 11.5. The van der Waals surface area contributed by atoms with Crippen LogP contribution in [0.1, 0.15) is 48.0 Å². The molecule has 2 rings (SSSR count). The zero-order valence-corrected chi connectivity index (χ0v) is 22.2. The Labute approximate surface area is 200 Å². The molecule has 3 atom stereocenters. The van der Waals surface area contributed by atoms with E-state index in [2.05, 4.69) is 69.3 Å². The second kappa shape index (κ2) is 11.8. The number of methoxy groups -OCH3 is 1. The summed E-state index contributed by atoms with van der Waals surface area (Å²) in [6, 6.07) is 21.1. The Morgan fingerprint density at radius 1 is 1.00 bits per heavy atom. The Morgan fingerprint density at radius 2 is 1.48 bits per heavy atom. The number of esters is 1. The first-order valence-corrected chi connectivity index (χ1v) is 13.6. The second-order valence-electron chi connectivity index (χ2n) is 9.96. The van der Waals surface area contributed by atoms with Crippen LogP contribution in [0.5, 0.6) is 0 Å². The second-order valence-corrected chi connectivity index (χ2v) is 14.3. The standard InChI is InChI=1S/C28H40O4Si/c1-21(18-19-26(29)31-7)23(3)27(30)22(2)20-32-33(28(4,5)6,24-14-10-8-11-15-24)25-16-12-9-13-17-25/h8-18,22-23,27,30H,19-20H2,1-7H3/b21-18+/t22-,23+,27+/m1/s1. The lowest BCUT2D eigenvalue weighted by Crippen LogP contribution is -2.67. The van der Waals surface area contributed by atoms with E-state index in [1.165, 1.54) is 17.5 Å². The Kier molecular flexibility index (Phi) is 9.65. The van der Waals surface area contributed by atoms with Crippen molar-refractivity contribution in [3.05, 3.63) is 72.3 Å². The Morgan fingerprint density at radius 3 is 1.91 bits per heavy atom. The molecule has 0 fully saturated rings. The molecule has 4 nitrogen and oxygen atoms in total. The monoisotopic (exact) mass is 468 g/mol. The molecule has 0 unspecified atom stereocenters. The molecule has 0 heterocycles. The highest BCUT2D eigenvalue weighted by Crippen LogP contribution is 2.37. The first kappa shape index (κ1) is 27.0. The molecule has 180 valence electrons. The van der Waals surface area contributed by atoms with E-state index in [4.69, 9.17) is 9.16 Å². The molecular formula is C28H40O4Si. The van der Waals surface area contributed by atoms with Crippen molar-refractivity contribution in [1.82, 2.24) is 0 Å². The molecule has 1 N–H and O–H groups in total. The number of rotatable bonds is 10. The molecule has 0 aliphatic rings. The Bertz CT molecular complexity index is 863. The van der Waals surface area contributed by atoms with Gasteiger partial charge in [0.1, 0.15) is 0 Å². The van der Waals surface area contributed by atoms with Gasteiger partial charge in [0.2, 0.25) is 0 Å². The first-order chi connectivity index (χ1) is 15.5. The molecule has 0 aliphatic carbocycles. The molecule has 0 amide bonds. The highest BCUT2D eigenvalue weighted by atomic mass is 28.4. The topological polar surface area (TPSA) is 55.8 Å². The maximum Gasteiger partial charge on any atom is 0.309 e. The number of benzene rings is 2. The van der Waals surface area contributed by atoms with Crippen LogP contribution in [0.3, 0.4) is 0 Å². The molecule has 0 spiro atoms. The molecule has 0 aliphatic heterocycles. The van der Waals surface area contributed by atoms with Crippen molar-refractivity contribution in [3.8, 4) is 0 Å². The van der Waals surface area contributed by atoms with Crippen LogP contribution in [0.15, 0.2) is 72.3 Å². The number of hydrogen-bond acceptors (Lipinski definition) is 4. The van der Waals surface area contributed by atoms with Crippen LogP contribution in [0.2, 0.25) is 5.04 Å². The van der Waals surface area contributed by atoms with Crippen LogP contribution in [-0.2, 0) is 14.0 Å². The average Bonchev–Trinajstić information content (AvgIpc) is 2.82. The van der Waals surface area contributed by atoms with Gasteiger partial charge in [-0.25, -0.2) is 0 Å². The summed E-state index contributed by atoms with van der Waals surface area (Å²) in [5.41, 5.74) is 0.977. The van der Waals surface area contributed by atoms with Gasteiger partial charge >= 0.3 is 5.97 Å². The fraction of sp³-hybridized carbons (Fsp3) is 0.464. The maximum absolute atomic E-state index is 11.5. The Hall–Kier alpha value is -2.21. The van der Waals surface area contributed by atoms with E-state index >= 15 is 0 Å². The van der Waals surface area contributed by atoms with Gasteiger partial charge in [-0.05, 0) is 22.3 Å². The van der Waals surface area contributed by atoms with E-state index in [1.807, 2.05) is 39.0 Å². The van der Waals surface area contributed by atoms with E-state index in [0.29, 0.717) is 6.61 Å². The summed E-state index contributed by atoms with van der Waals surface area (Å²) >= 11 is 0. The zero-order chi connectivity index (χ0) is 24.6. The van der Waals surface area contributed by atoms with Gasteiger partial charge in [0, 0.05) is 18.4 Å². The number of ether oxygens (including phenoxy) is 1. The van der Waals surface area contributed by atoms with Crippen molar-refractivity contribution in [2.75, 3.05) is 13.7 Å². The lowest BCUT2D eigenvalue weighted by molar-refractivity contribution is -0.139. The summed E-state index contributed by atoms with van der Waals surface area (Å²) in [6.45, 7) is 13.2. The Balaban J connectivity index is 2.32. The summed E-state index contributed by atoms with van der Waals surface area (Å²) in [5, 5.41) is 13.4. The molecule has 5 heteroatoms. The van der Waals surface area contributed by atoms with Crippen molar-refractivity contribution in [3.63, 3.8) is 0 Å². The molecule has 0 radical (unpaired) electrons. The fourth-order valence-electron chi connectivity index (χ4n) is 4.39. The summed E-state index contributed by atoms with van der Waals surface area (Å²) in [5.74, 6) is -0.449. The van der Waals surface area contributed by atoms with Crippen LogP contribution in [0, 0.1) is 11.8 Å². The quantitative estimate of drug-likeness (QED) is 0.312. The zero-order valence-electron chi connectivity index (χ0n) is 21.2. The van der Waals surface area contributed by atoms with Crippen molar-refractivity contribution in [1.29, 1.82) is 0 Å². The third-order valence-corrected chi connectivity index (χ3v) is 11.6. The third-order valence-electron chi connectivity index (χ3n) is 6.61. The average molecular weight is 469 g/mol. The lowest BCUT2D eigenvalue weighted by Gasteiger charge is -2.44. The molecule has 0 saturated heterocycles. The normalized spacial score (nSPS) is 15.6. The van der Waals surface area contributed by atoms with Gasteiger partial charge in [0.25, 0.3) is 8.32 Å². The molecule has 0 saturated carbocycles. The van der Waals surface area contributed by atoms with E-state index in [9.17, 15) is 9.90 Å². The molecule has 2 aromatic rings. The number of carbonyl (C=O) groups excluding carboxylic acids is 1. The van der Waals surface area contributed by atoms with Crippen LogP contribution in [0.25, 0.3) is 0 Å². The minimum absolute atomic E-state index is 0.0804. The number of aliphatic hydroxyl groups is 1. The van der Waals surface area contributed by atoms with Gasteiger partial charge in [-0.15, -0.1) is 0 Å². The van der Waals surface area contributed by atoms with Crippen molar-refractivity contribution in [2.24, 2.45) is 11.8 Å². The molecule has 2 aromatic carbocycles. The van der Waals surface area contributed by atoms with Crippen LogP contribution in [0.4, 0.5) is 0 Å². The predicted octanol–water partition coefficient (Wildman–Crippen LogP) is 4.71. The molecule has 0 bridgehead atoms. The van der Waals surface area contributed by atoms with Crippen LogP contribution < -0.4 is 10.4 Å². The summed E-state index contributed by atoms with van der Waals surface area (Å²) < 4.78 is 11.7. The highest BCUT2D eigenvalue weighted by molar-refractivity contribution is 6.99. The van der Waals surface area contributed by atoms with E-state index in [0.717, 1.165) is 5.57 Å². The van der Waals surface area contributed by atoms with Crippen LogP contribution in [-0.4, -0.2) is 39.2 Å². The van der Waals surface area contributed by atoms with Crippen molar-refractivity contribution < 1.29 is 19.1 Å². The number of hydrogen-bond donors (Lipinski definition) is 1. The highest BCUT2D eigenvalue weighted by Gasteiger charge is 2.50. The van der Waals surface area contributed by atoms with Gasteiger partial charge in [-0.2, -0.15) is 0 Å². The van der Waals surface area contributed by atoms with Gasteiger partial charge in [-0.3, -0.25) is 4.79 Å². The van der Waals surface area contributed by atoms with Crippen molar-refractivity contribution in [2.45, 2.75) is 59.1 Å². The SMILES string of the molecule is COC(=O)C/C=C(\C)[C@H](C)[C@@H](O)[C@H](C)CO[Si](c1ccccc1)(c1ccccc1)C(C)(C)C. The minimum Gasteiger partial charge on any atom is -0.469 e. The summed E-state index contributed by atoms with van der Waals surface area (Å²) in [6.07, 6.45) is 1.47. The molecule has 0 aromatic heterocycles. The van der Waals surface area contributed by atoms with E-state index in [-0.39, 0.29) is 29.3 Å². The first-order valence-electron chi connectivity index (χ1n) is 11.7. The number of carbonyl (C=O) groups is 1. The smallest absolute Gasteiger partial charge is 0.309 e. The van der Waals surface area contributed by atoms with Crippen molar-refractivity contribution >= 4 is 24.7 Å². The summed E-state index contributed by atoms with van der Waals surface area (Å²) in [4.78, 5) is 11.5. The largest absolute Gasteiger partial charge is 0.469 e. The predicted molar refractivity (Wildman–Crippen MR) is 138 cm³/mol. The van der Waals surface area contributed by atoms with E-state index in [1.54, 1.807) is 0 Å². The third kappa shape index (κ3) is 6.43. The van der Waals surface area contributed by atoms with Gasteiger partial charge < -0.3 is 14.3 Å².